The summed E-state index contributed by atoms with van der Waals surface area (Å²) in [5.74, 6) is 0.668. The maximum Gasteiger partial charge on any atom is 0.320 e. The number of carbonyl (C=O) groups excluding carboxylic acids is 1. The number of urea groups is 1. The maximum absolute atomic E-state index is 11.9. The van der Waals surface area contributed by atoms with Crippen molar-refractivity contribution < 1.29 is 9.90 Å². The second-order valence-electron chi connectivity index (χ2n) is 5.17. The Morgan fingerprint density at radius 2 is 2.05 bits per heavy atom. The van der Waals surface area contributed by atoms with Gasteiger partial charge in [-0.05, 0) is 19.3 Å². The molecule has 6 nitrogen and oxygen atoms in total. The first kappa shape index (κ1) is 16.5. The molecule has 0 bridgehead atoms. The van der Waals surface area contributed by atoms with E-state index in [1.807, 2.05) is 26.8 Å². The third kappa shape index (κ3) is 3.96. The lowest BCUT2D eigenvalue weighted by Crippen LogP contribution is -2.41. The van der Waals surface area contributed by atoms with Crippen LogP contribution in [0.25, 0.3) is 0 Å². The summed E-state index contributed by atoms with van der Waals surface area (Å²) in [5, 5.41) is 19.4. The van der Waals surface area contributed by atoms with E-state index in [-0.39, 0.29) is 18.1 Å². The topological polar surface area (TPSA) is 79.2 Å². The van der Waals surface area contributed by atoms with Gasteiger partial charge in [0.25, 0.3) is 0 Å². The van der Waals surface area contributed by atoms with Crippen LogP contribution in [0.15, 0.2) is 6.07 Å². The van der Waals surface area contributed by atoms with E-state index in [0.29, 0.717) is 12.4 Å². The lowest BCUT2D eigenvalue weighted by molar-refractivity contribution is 0.116. The molecule has 1 heterocycles. The number of hydrogen-bond acceptors (Lipinski definition) is 3. The average molecular weight is 282 g/mol. The van der Waals surface area contributed by atoms with Crippen LogP contribution in [-0.4, -0.2) is 34.1 Å². The molecule has 1 rings (SSSR count). The van der Waals surface area contributed by atoms with Crippen LogP contribution < -0.4 is 10.6 Å². The van der Waals surface area contributed by atoms with Gasteiger partial charge in [-0.15, -0.1) is 0 Å². The van der Waals surface area contributed by atoms with Crippen molar-refractivity contribution in [3.63, 3.8) is 0 Å². The number of hydrogen-bond donors (Lipinski definition) is 3. The van der Waals surface area contributed by atoms with Gasteiger partial charge in [-0.2, -0.15) is 5.10 Å². The smallest absolute Gasteiger partial charge is 0.320 e. The molecule has 0 saturated heterocycles. The second kappa shape index (κ2) is 7.28. The van der Waals surface area contributed by atoms with Crippen molar-refractivity contribution in [2.24, 2.45) is 12.5 Å². The highest BCUT2D eigenvalue weighted by Crippen LogP contribution is 2.24. The molecule has 0 aliphatic carbocycles. The molecule has 0 atom stereocenters. The molecule has 0 fully saturated rings. The highest BCUT2D eigenvalue weighted by atomic mass is 16.3. The van der Waals surface area contributed by atoms with Crippen LogP contribution in [-0.2, 0) is 13.5 Å². The number of nitrogens with zero attached hydrogens (tertiary/aromatic N) is 2. The molecular weight excluding hydrogens is 256 g/mol. The minimum Gasteiger partial charge on any atom is -0.396 e. The fraction of sp³-hybridized carbons (Fsp3) is 0.714. The van der Waals surface area contributed by atoms with Gasteiger partial charge >= 0.3 is 6.03 Å². The Hall–Kier alpha value is -1.56. The fourth-order valence-electron chi connectivity index (χ4n) is 2.02. The molecule has 0 radical (unpaired) electrons. The van der Waals surface area contributed by atoms with Gasteiger partial charge in [0.05, 0.1) is 12.3 Å². The van der Waals surface area contributed by atoms with E-state index in [2.05, 4.69) is 15.7 Å². The summed E-state index contributed by atoms with van der Waals surface area (Å²) >= 11 is 0. The zero-order valence-corrected chi connectivity index (χ0v) is 12.9. The van der Waals surface area contributed by atoms with Crippen molar-refractivity contribution in [2.75, 3.05) is 18.5 Å². The number of anilines is 1. The minimum absolute atomic E-state index is 0.0754. The van der Waals surface area contributed by atoms with Crippen LogP contribution in [0, 0.1) is 5.41 Å². The lowest BCUT2D eigenvalue weighted by Gasteiger charge is -2.29. The molecule has 3 N–H and O–H groups in total. The van der Waals surface area contributed by atoms with Gasteiger partial charge in [0.1, 0.15) is 5.82 Å². The standard InChI is InChI=1S/C14H26N4O2/c1-5-11-8-12(18(4)17-11)16-13(20)15-9-14(6-2,7-3)10-19/h8,19H,5-7,9-10H2,1-4H3,(H2,15,16,20). The zero-order valence-electron chi connectivity index (χ0n) is 12.9. The van der Waals surface area contributed by atoms with E-state index in [1.54, 1.807) is 11.7 Å². The second-order valence-corrected chi connectivity index (χ2v) is 5.17. The first-order valence-corrected chi connectivity index (χ1v) is 7.18. The van der Waals surface area contributed by atoms with E-state index in [1.165, 1.54) is 0 Å². The summed E-state index contributed by atoms with van der Waals surface area (Å²) in [4.78, 5) is 11.9. The van der Waals surface area contributed by atoms with Gasteiger partial charge in [-0.25, -0.2) is 4.79 Å². The SMILES string of the molecule is CCc1cc(NC(=O)NCC(CC)(CC)CO)n(C)n1. The van der Waals surface area contributed by atoms with Crippen LogP contribution in [0.4, 0.5) is 10.6 Å². The summed E-state index contributed by atoms with van der Waals surface area (Å²) in [7, 11) is 1.80. The molecule has 0 saturated carbocycles. The summed E-state index contributed by atoms with van der Waals surface area (Å²) in [6, 6.07) is 1.59. The van der Waals surface area contributed by atoms with E-state index < -0.39 is 0 Å². The Morgan fingerprint density at radius 3 is 2.50 bits per heavy atom. The van der Waals surface area contributed by atoms with Crippen molar-refractivity contribution in [3.8, 4) is 0 Å². The molecule has 0 unspecified atom stereocenters. The predicted octanol–water partition coefficient (Wildman–Crippen LogP) is 1.90. The van der Waals surface area contributed by atoms with Gasteiger partial charge in [-0.3, -0.25) is 10.00 Å². The number of amides is 2. The van der Waals surface area contributed by atoms with Crippen LogP contribution in [0.2, 0.25) is 0 Å². The normalized spacial score (nSPS) is 11.4. The highest BCUT2D eigenvalue weighted by Gasteiger charge is 2.25. The molecule has 0 spiro atoms. The quantitative estimate of drug-likeness (QED) is 0.714. The molecule has 6 heteroatoms. The number of aliphatic hydroxyl groups excluding tert-OH is 1. The first-order valence-electron chi connectivity index (χ1n) is 7.18. The summed E-state index contributed by atoms with van der Waals surface area (Å²) in [6.07, 6.45) is 2.48. The van der Waals surface area contributed by atoms with E-state index in [4.69, 9.17) is 0 Å². The van der Waals surface area contributed by atoms with E-state index in [9.17, 15) is 9.90 Å². The van der Waals surface area contributed by atoms with Crippen LogP contribution >= 0.6 is 0 Å². The fourth-order valence-corrected chi connectivity index (χ4v) is 2.02. The molecule has 0 aliphatic rings. The van der Waals surface area contributed by atoms with Crippen molar-refractivity contribution in [3.05, 3.63) is 11.8 Å². The number of aromatic nitrogens is 2. The van der Waals surface area contributed by atoms with Crippen molar-refractivity contribution in [1.29, 1.82) is 0 Å². The highest BCUT2D eigenvalue weighted by molar-refractivity contribution is 5.88. The molecule has 0 aromatic carbocycles. The van der Waals surface area contributed by atoms with Gasteiger partial charge < -0.3 is 10.4 Å². The summed E-state index contributed by atoms with van der Waals surface area (Å²) in [5.41, 5.74) is 0.702. The van der Waals surface area contributed by atoms with E-state index >= 15 is 0 Å². The zero-order chi connectivity index (χ0) is 15.2. The Balaban J connectivity index is 2.57. The molecule has 1 aromatic rings. The number of aliphatic hydroxyl groups is 1. The van der Waals surface area contributed by atoms with Crippen LogP contribution in [0.5, 0.6) is 0 Å². The van der Waals surface area contributed by atoms with Gasteiger partial charge in [0.2, 0.25) is 0 Å². The predicted molar refractivity (Wildman–Crippen MR) is 79.7 cm³/mol. The molecular formula is C14H26N4O2. The Labute approximate surface area is 120 Å². The van der Waals surface area contributed by atoms with Gasteiger partial charge in [0.15, 0.2) is 0 Å². The van der Waals surface area contributed by atoms with Crippen LogP contribution in [0.3, 0.4) is 0 Å². The minimum atomic E-state index is -0.268. The maximum atomic E-state index is 11.9. The monoisotopic (exact) mass is 282 g/mol. The number of carbonyl (C=O) groups is 1. The van der Waals surface area contributed by atoms with E-state index in [0.717, 1.165) is 25.0 Å². The van der Waals surface area contributed by atoms with Crippen molar-refractivity contribution in [1.82, 2.24) is 15.1 Å². The Kier molecular flexibility index (Phi) is 6.01. The van der Waals surface area contributed by atoms with Gasteiger partial charge in [-0.1, -0.05) is 20.8 Å². The Bertz CT molecular complexity index is 430. The largest absolute Gasteiger partial charge is 0.396 e. The van der Waals surface area contributed by atoms with Crippen LogP contribution in [0.1, 0.15) is 39.3 Å². The lowest BCUT2D eigenvalue weighted by atomic mass is 9.83. The molecule has 0 aliphatic heterocycles. The molecule has 1 aromatic heterocycles. The number of nitrogens with one attached hydrogen (secondary N) is 2. The van der Waals surface area contributed by atoms with Crippen molar-refractivity contribution in [2.45, 2.75) is 40.0 Å². The molecule has 20 heavy (non-hydrogen) atoms. The third-order valence-electron chi connectivity index (χ3n) is 3.99. The first-order chi connectivity index (χ1) is 9.50. The molecule has 114 valence electrons. The number of rotatable bonds is 7. The summed E-state index contributed by atoms with van der Waals surface area (Å²) < 4.78 is 1.65. The summed E-state index contributed by atoms with van der Waals surface area (Å²) in [6.45, 7) is 6.60. The Morgan fingerprint density at radius 1 is 1.40 bits per heavy atom. The third-order valence-corrected chi connectivity index (χ3v) is 3.99. The van der Waals surface area contributed by atoms with Crippen molar-refractivity contribution >= 4 is 11.8 Å². The van der Waals surface area contributed by atoms with Gasteiger partial charge in [0, 0.05) is 25.1 Å². The molecule has 2 amide bonds. The average Bonchev–Trinajstić information content (AvgIpc) is 2.81. The number of aryl methyl sites for hydroxylation is 2.